The smallest absolute Gasteiger partial charge is 0.147 e. The van der Waals surface area contributed by atoms with Gasteiger partial charge in [-0.3, -0.25) is 9.58 Å². The van der Waals surface area contributed by atoms with Crippen LogP contribution >= 0.6 is 0 Å². The average Bonchev–Trinajstić information content (AvgIpc) is 2.88. The lowest BCUT2D eigenvalue weighted by Crippen LogP contribution is -2.34. The van der Waals surface area contributed by atoms with Gasteiger partial charge in [0.25, 0.3) is 0 Å². The molecule has 0 aromatic carbocycles. The van der Waals surface area contributed by atoms with Crippen molar-refractivity contribution in [1.82, 2.24) is 14.7 Å². The van der Waals surface area contributed by atoms with Crippen LogP contribution in [0.15, 0.2) is 12.4 Å². The molecule has 0 radical (unpaired) electrons. The Labute approximate surface area is 115 Å². The Hall–Kier alpha value is -0.880. The van der Waals surface area contributed by atoms with E-state index in [0.29, 0.717) is 6.04 Å². The van der Waals surface area contributed by atoms with Crippen LogP contribution in [0.25, 0.3) is 0 Å². The summed E-state index contributed by atoms with van der Waals surface area (Å²) in [5.41, 5.74) is 1.18. The second-order valence-corrected chi connectivity index (χ2v) is 7.81. The van der Waals surface area contributed by atoms with Gasteiger partial charge in [0.05, 0.1) is 18.5 Å². The second-order valence-electron chi connectivity index (χ2n) is 5.56. The molecule has 1 saturated heterocycles. The molecule has 1 atom stereocenters. The minimum atomic E-state index is -2.83. The molecule has 1 fully saturated rings. The third-order valence-electron chi connectivity index (χ3n) is 3.62. The lowest BCUT2D eigenvalue weighted by atomic mass is 10.2. The van der Waals surface area contributed by atoms with Gasteiger partial charge in [-0.2, -0.15) is 5.10 Å². The van der Waals surface area contributed by atoms with Crippen molar-refractivity contribution in [3.05, 3.63) is 18.0 Å². The topological polar surface area (TPSA) is 55.2 Å². The minimum absolute atomic E-state index is 0.289. The molecule has 1 aromatic heterocycles. The summed E-state index contributed by atoms with van der Waals surface area (Å²) in [6.45, 7) is 4.90. The summed E-state index contributed by atoms with van der Waals surface area (Å²) in [5, 5.41) is 4.33. The Morgan fingerprint density at radius 3 is 2.89 bits per heavy atom. The molecule has 6 heteroatoms. The second kappa shape index (κ2) is 6.05. The largest absolute Gasteiger partial charge is 0.299 e. The van der Waals surface area contributed by atoms with Gasteiger partial charge < -0.3 is 0 Å². The first kappa shape index (κ1) is 14.5. The molecule has 0 N–H and O–H groups in total. The third kappa shape index (κ3) is 4.62. The summed E-state index contributed by atoms with van der Waals surface area (Å²) in [4.78, 5) is 2.40. The maximum atomic E-state index is 11.1. The van der Waals surface area contributed by atoms with Crippen molar-refractivity contribution >= 4 is 9.84 Å². The lowest BCUT2D eigenvalue weighted by Gasteiger charge is -2.24. The number of aryl methyl sites for hydroxylation is 1. The van der Waals surface area contributed by atoms with Crippen molar-refractivity contribution in [2.24, 2.45) is 0 Å². The van der Waals surface area contributed by atoms with E-state index in [1.165, 1.54) is 24.7 Å². The maximum absolute atomic E-state index is 11.1. The van der Waals surface area contributed by atoms with E-state index in [1.54, 1.807) is 0 Å². The van der Waals surface area contributed by atoms with E-state index in [9.17, 15) is 8.42 Å². The first-order chi connectivity index (χ1) is 8.94. The predicted octanol–water partition coefficient (Wildman–Crippen LogP) is 1.09. The fraction of sp³-hybridized carbons (Fsp3) is 0.769. The van der Waals surface area contributed by atoms with E-state index in [1.807, 2.05) is 17.8 Å². The Bertz CT molecular complexity index is 510. The molecule has 2 heterocycles. The molecule has 5 nitrogen and oxygen atoms in total. The van der Waals surface area contributed by atoms with E-state index < -0.39 is 9.84 Å². The van der Waals surface area contributed by atoms with E-state index in [4.69, 9.17) is 0 Å². The van der Waals surface area contributed by atoms with Crippen LogP contribution in [0.3, 0.4) is 0 Å². The van der Waals surface area contributed by atoms with Crippen molar-refractivity contribution in [2.75, 3.05) is 25.1 Å². The zero-order chi connectivity index (χ0) is 13.9. The highest BCUT2D eigenvalue weighted by molar-refractivity contribution is 7.90. The quantitative estimate of drug-likeness (QED) is 0.785. The van der Waals surface area contributed by atoms with E-state index in [-0.39, 0.29) is 5.75 Å². The molecular formula is C13H23N3O2S. The number of likely N-dealkylation sites (tertiary alicyclic amines) is 1. The SMILES string of the molecule is Cc1cnn(C[C@@H]2CCCN2CCCS(C)(=O)=O)c1. The number of sulfone groups is 1. The number of hydrogen-bond donors (Lipinski definition) is 0. The molecule has 0 unspecified atom stereocenters. The van der Waals surface area contributed by atoms with Crippen LogP contribution in [0.5, 0.6) is 0 Å². The maximum Gasteiger partial charge on any atom is 0.147 e. The predicted molar refractivity (Wildman–Crippen MR) is 75.9 cm³/mol. The molecule has 2 rings (SSSR count). The van der Waals surface area contributed by atoms with Crippen molar-refractivity contribution in [1.29, 1.82) is 0 Å². The van der Waals surface area contributed by atoms with Crippen LogP contribution in [0.4, 0.5) is 0 Å². The fourth-order valence-electron chi connectivity index (χ4n) is 2.71. The van der Waals surface area contributed by atoms with Crippen molar-refractivity contribution < 1.29 is 8.42 Å². The Morgan fingerprint density at radius 1 is 1.47 bits per heavy atom. The monoisotopic (exact) mass is 285 g/mol. The summed E-state index contributed by atoms with van der Waals surface area (Å²) < 4.78 is 24.3. The first-order valence-electron chi connectivity index (χ1n) is 6.85. The van der Waals surface area contributed by atoms with Gasteiger partial charge in [0.1, 0.15) is 9.84 Å². The van der Waals surface area contributed by atoms with Crippen LogP contribution < -0.4 is 0 Å². The van der Waals surface area contributed by atoms with Gasteiger partial charge >= 0.3 is 0 Å². The summed E-state index contributed by atoms with van der Waals surface area (Å²) in [6.07, 6.45) is 8.35. The summed E-state index contributed by atoms with van der Waals surface area (Å²) in [5.74, 6) is 0.289. The Morgan fingerprint density at radius 2 is 2.26 bits per heavy atom. The molecule has 0 aliphatic carbocycles. The van der Waals surface area contributed by atoms with Crippen LogP contribution in [-0.4, -0.2) is 54.2 Å². The molecule has 0 spiro atoms. The van der Waals surface area contributed by atoms with Crippen LogP contribution in [0.2, 0.25) is 0 Å². The van der Waals surface area contributed by atoms with E-state index in [2.05, 4.69) is 16.2 Å². The standard InChI is InChI=1S/C13H23N3O2S/c1-12-9-14-16(10-12)11-13-5-3-6-15(13)7-4-8-19(2,17)18/h9-10,13H,3-8,11H2,1-2H3/t13-/m0/s1. The average molecular weight is 285 g/mol. The van der Waals surface area contributed by atoms with Crippen molar-refractivity contribution in [3.63, 3.8) is 0 Å². The normalized spacial score (nSPS) is 21.1. The molecule has 1 aromatic rings. The van der Waals surface area contributed by atoms with Crippen LogP contribution in [-0.2, 0) is 16.4 Å². The number of hydrogen-bond acceptors (Lipinski definition) is 4. The molecule has 0 amide bonds. The van der Waals surface area contributed by atoms with Gasteiger partial charge in [-0.25, -0.2) is 8.42 Å². The van der Waals surface area contributed by atoms with Crippen molar-refractivity contribution in [3.8, 4) is 0 Å². The first-order valence-corrected chi connectivity index (χ1v) is 8.91. The van der Waals surface area contributed by atoms with Gasteiger partial charge in [-0.05, 0) is 44.8 Å². The van der Waals surface area contributed by atoms with Crippen molar-refractivity contribution in [2.45, 2.75) is 38.8 Å². The summed E-state index contributed by atoms with van der Waals surface area (Å²) in [7, 11) is -2.83. The molecule has 19 heavy (non-hydrogen) atoms. The number of nitrogens with zero attached hydrogens (tertiary/aromatic N) is 3. The number of aromatic nitrogens is 2. The molecule has 108 valence electrons. The highest BCUT2D eigenvalue weighted by Crippen LogP contribution is 2.19. The van der Waals surface area contributed by atoms with Crippen LogP contribution in [0, 0.1) is 6.92 Å². The van der Waals surface area contributed by atoms with Gasteiger partial charge in [0.15, 0.2) is 0 Å². The molecular weight excluding hydrogens is 262 g/mol. The Kier molecular flexibility index (Phi) is 4.62. The zero-order valence-corrected chi connectivity index (χ0v) is 12.6. The van der Waals surface area contributed by atoms with Gasteiger partial charge in [0.2, 0.25) is 0 Å². The molecule has 0 saturated carbocycles. The fourth-order valence-corrected chi connectivity index (χ4v) is 3.36. The van der Waals surface area contributed by atoms with Gasteiger partial charge in [0, 0.05) is 18.5 Å². The minimum Gasteiger partial charge on any atom is -0.299 e. The molecule has 1 aliphatic rings. The zero-order valence-electron chi connectivity index (χ0n) is 11.7. The Balaban J connectivity index is 1.83. The van der Waals surface area contributed by atoms with E-state index in [0.717, 1.165) is 26.1 Å². The number of rotatable bonds is 6. The highest BCUT2D eigenvalue weighted by atomic mass is 32.2. The molecule has 1 aliphatic heterocycles. The molecule has 0 bridgehead atoms. The van der Waals surface area contributed by atoms with Gasteiger partial charge in [-0.15, -0.1) is 0 Å². The summed E-state index contributed by atoms with van der Waals surface area (Å²) in [6, 6.07) is 0.499. The van der Waals surface area contributed by atoms with Crippen LogP contribution in [0.1, 0.15) is 24.8 Å². The lowest BCUT2D eigenvalue weighted by molar-refractivity contribution is 0.228. The van der Waals surface area contributed by atoms with E-state index >= 15 is 0 Å². The third-order valence-corrected chi connectivity index (χ3v) is 4.65. The van der Waals surface area contributed by atoms with Gasteiger partial charge in [-0.1, -0.05) is 0 Å². The summed E-state index contributed by atoms with van der Waals surface area (Å²) >= 11 is 0. The highest BCUT2D eigenvalue weighted by Gasteiger charge is 2.24.